The van der Waals surface area contributed by atoms with Crippen molar-refractivity contribution >= 4 is 0 Å². The van der Waals surface area contributed by atoms with E-state index in [2.05, 4.69) is 10.1 Å². The molecule has 0 spiro atoms. The fraction of sp³-hybridized carbons (Fsp3) is 0.778. The molecule has 1 aliphatic heterocycles. The van der Waals surface area contributed by atoms with Crippen molar-refractivity contribution in [3.8, 4) is 0 Å². The van der Waals surface area contributed by atoms with Crippen molar-refractivity contribution in [2.24, 2.45) is 5.73 Å². The Morgan fingerprint density at radius 2 is 2.47 bits per heavy atom. The second-order valence-corrected chi connectivity index (χ2v) is 3.61. The van der Waals surface area contributed by atoms with Crippen molar-refractivity contribution in [3.63, 3.8) is 0 Å². The minimum atomic E-state index is -0.614. The Kier molecular flexibility index (Phi) is 2.99. The second-order valence-electron chi connectivity index (χ2n) is 3.61. The first kappa shape index (κ1) is 10.5. The molecule has 84 valence electrons. The van der Waals surface area contributed by atoms with Crippen LogP contribution < -0.4 is 5.73 Å². The molecule has 15 heavy (non-hydrogen) atoms. The van der Waals surface area contributed by atoms with Gasteiger partial charge in [0, 0.05) is 13.2 Å². The smallest absolute Gasteiger partial charge is 0.249 e. The molecule has 6 heteroatoms. The fourth-order valence-corrected chi connectivity index (χ4v) is 1.46. The maximum absolute atomic E-state index is 6.06. The monoisotopic (exact) mass is 213 g/mol. The van der Waals surface area contributed by atoms with E-state index in [4.69, 9.17) is 19.7 Å². The van der Waals surface area contributed by atoms with Gasteiger partial charge in [-0.3, -0.25) is 0 Å². The van der Waals surface area contributed by atoms with E-state index in [1.165, 1.54) is 0 Å². The minimum Gasteiger partial charge on any atom is -0.379 e. The van der Waals surface area contributed by atoms with Crippen LogP contribution in [0, 0.1) is 0 Å². The molecule has 0 amide bonds. The van der Waals surface area contributed by atoms with Crippen LogP contribution in [0.4, 0.5) is 0 Å². The number of aromatic nitrogens is 2. The fourth-order valence-electron chi connectivity index (χ4n) is 1.46. The first-order valence-electron chi connectivity index (χ1n) is 5.02. The standard InChI is InChI=1S/C9H15N3O3/c1-2-13-5-7-11-8(15-12-7)9(10)3-4-14-6-9/h2-6,10H2,1H3. The molecule has 1 aromatic rings. The molecule has 1 saturated heterocycles. The van der Waals surface area contributed by atoms with Gasteiger partial charge >= 0.3 is 0 Å². The van der Waals surface area contributed by atoms with Crippen molar-refractivity contribution in [1.82, 2.24) is 10.1 Å². The molecule has 0 radical (unpaired) electrons. The summed E-state index contributed by atoms with van der Waals surface area (Å²) in [5, 5.41) is 3.80. The summed E-state index contributed by atoms with van der Waals surface area (Å²) in [4.78, 5) is 4.19. The van der Waals surface area contributed by atoms with E-state index in [1.807, 2.05) is 6.92 Å². The molecule has 2 rings (SSSR count). The minimum absolute atomic E-state index is 0.358. The summed E-state index contributed by atoms with van der Waals surface area (Å²) >= 11 is 0. The van der Waals surface area contributed by atoms with Gasteiger partial charge in [-0.15, -0.1) is 0 Å². The molecular weight excluding hydrogens is 198 g/mol. The molecule has 0 aliphatic carbocycles. The molecule has 2 N–H and O–H groups in total. The van der Waals surface area contributed by atoms with Gasteiger partial charge in [-0.25, -0.2) is 0 Å². The van der Waals surface area contributed by atoms with Crippen molar-refractivity contribution in [2.75, 3.05) is 19.8 Å². The summed E-state index contributed by atoms with van der Waals surface area (Å²) in [6.07, 6.45) is 0.712. The number of nitrogens with zero attached hydrogens (tertiary/aromatic N) is 2. The van der Waals surface area contributed by atoms with E-state index in [1.54, 1.807) is 0 Å². The third-order valence-corrected chi connectivity index (χ3v) is 2.38. The van der Waals surface area contributed by atoms with Gasteiger partial charge in [0.05, 0.1) is 6.61 Å². The lowest BCUT2D eigenvalue weighted by atomic mass is 10.0. The lowest BCUT2D eigenvalue weighted by molar-refractivity contribution is 0.126. The highest BCUT2D eigenvalue weighted by Gasteiger charge is 2.38. The van der Waals surface area contributed by atoms with E-state index >= 15 is 0 Å². The van der Waals surface area contributed by atoms with Crippen LogP contribution in [0.15, 0.2) is 4.52 Å². The van der Waals surface area contributed by atoms with Crippen LogP contribution in [-0.2, 0) is 21.6 Å². The number of hydrogen-bond donors (Lipinski definition) is 1. The molecule has 0 aromatic carbocycles. The first-order valence-corrected chi connectivity index (χ1v) is 5.02. The highest BCUT2D eigenvalue weighted by Crippen LogP contribution is 2.26. The molecule has 1 fully saturated rings. The number of hydrogen-bond acceptors (Lipinski definition) is 6. The van der Waals surface area contributed by atoms with Crippen LogP contribution >= 0.6 is 0 Å². The Morgan fingerprint density at radius 3 is 3.13 bits per heavy atom. The summed E-state index contributed by atoms with van der Waals surface area (Å²) in [5.74, 6) is 0.971. The van der Waals surface area contributed by atoms with Gasteiger partial charge in [-0.1, -0.05) is 5.16 Å². The second kappa shape index (κ2) is 4.26. The SMILES string of the molecule is CCOCc1noc(C2(N)CCOC2)n1. The number of rotatable bonds is 4. The Morgan fingerprint density at radius 1 is 1.60 bits per heavy atom. The van der Waals surface area contributed by atoms with E-state index < -0.39 is 5.54 Å². The molecule has 1 atom stereocenters. The first-order chi connectivity index (χ1) is 7.24. The van der Waals surface area contributed by atoms with E-state index in [-0.39, 0.29) is 0 Å². The van der Waals surface area contributed by atoms with Crippen LogP contribution in [-0.4, -0.2) is 30.0 Å². The van der Waals surface area contributed by atoms with Crippen LogP contribution in [0.2, 0.25) is 0 Å². The predicted molar refractivity (Wildman–Crippen MR) is 50.9 cm³/mol. The van der Waals surface area contributed by atoms with Gasteiger partial charge in [0.2, 0.25) is 5.89 Å². The Bertz CT molecular complexity index is 320. The van der Waals surface area contributed by atoms with Crippen LogP contribution in [0.25, 0.3) is 0 Å². The summed E-state index contributed by atoms with van der Waals surface area (Å²) in [6.45, 7) is 3.97. The Balaban J connectivity index is 2.05. The molecule has 1 aliphatic rings. The summed E-state index contributed by atoms with van der Waals surface area (Å²) in [7, 11) is 0. The predicted octanol–water partition coefficient (Wildman–Crippen LogP) is 0.180. The van der Waals surface area contributed by atoms with E-state index in [0.717, 1.165) is 0 Å². The molecule has 1 unspecified atom stereocenters. The van der Waals surface area contributed by atoms with Gasteiger partial charge in [0.1, 0.15) is 12.1 Å². The van der Waals surface area contributed by atoms with Gasteiger partial charge in [0.15, 0.2) is 5.82 Å². The third kappa shape index (κ3) is 2.17. The van der Waals surface area contributed by atoms with Crippen molar-refractivity contribution in [2.45, 2.75) is 25.5 Å². The van der Waals surface area contributed by atoms with Gasteiger partial charge < -0.3 is 19.7 Å². The lowest BCUT2D eigenvalue weighted by Gasteiger charge is -2.14. The summed E-state index contributed by atoms with van der Waals surface area (Å²) < 4.78 is 15.5. The van der Waals surface area contributed by atoms with E-state index in [0.29, 0.717) is 44.6 Å². The molecule has 2 heterocycles. The molecule has 0 saturated carbocycles. The third-order valence-electron chi connectivity index (χ3n) is 2.38. The topological polar surface area (TPSA) is 83.4 Å². The highest BCUT2D eigenvalue weighted by molar-refractivity contribution is 5.04. The Labute approximate surface area is 87.7 Å². The average molecular weight is 213 g/mol. The number of ether oxygens (including phenoxy) is 2. The van der Waals surface area contributed by atoms with Crippen molar-refractivity contribution < 1.29 is 14.0 Å². The van der Waals surface area contributed by atoms with Crippen LogP contribution in [0.5, 0.6) is 0 Å². The normalized spacial score (nSPS) is 26.0. The van der Waals surface area contributed by atoms with Gasteiger partial charge in [-0.05, 0) is 13.3 Å². The van der Waals surface area contributed by atoms with E-state index in [9.17, 15) is 0 Å². The number of nitrogens with two attached hydrogens (primary N) is 1. The van der Waals surface area contributed by atoms with Gasteiger partial charge in [0.25, 0.3) is 0 Å². The van der Waals surface area contributed by atoms with Crippen LogP contribution in [0.3, 0.4) is 0 Å². The highest BCUT2D eigenvalue weighted by atomic mass is 16.5. The molecule has 6 nitrogen and oxygen atoms in total. The Hall–Kier alpha value is -0.980. The molecule has 0 bridgehead atoms. The quantitative estimate of drug-likeness (QED) is 0.768. The maximum atomic E-state index is 6.06. The van der Waals surface area contributed by atoms with Gasteiger partial charge in [-0.2, -0.15) is 4.98 Å². The summed E-state index contributed by atoms with van der Waals surface area (Å²) in [5.41, 5.74) is 5.45. The average Bonchev–Trinajstić information content (AvgIpc) is 2.84. The van der Waals surface area contributed by atoms with Crippen molar-refractivity contribution in [1.29, 1.82) is 0 Å². The zero-order valence-electron chi connectivity index (χ0n) is 8.73. The molecule has 1 aromatic heterocycles. The zero-order valence-corrected chi connectivity index (χ0v) is 8.73. The van der Waals surface area contributed by atoms with Crippen molar-refractivity contribution in [3.05, 3.63) is 11.7 Å². The largest absolute Gasteiger partial charge is 0.379 e. The zero-order chi connectivity index (χ0) is 10.7. The molecular formula is C9H15N3O3. The summed E-state index contributed by atoms with van der Waals surface area (Å²) in [6, 6.07) is 0. The van der Waals surface area contributed by atoms with Crippen LogP contribution in [0.1, 0.15) is 25.1 Å². The lowest BCUT2D eigenvalue weighted by Crippen LogP contribution is -2.37. The maximum Gasteiger partial charge on any atom is 0.249 e.